The molecule has 1 unspecified atom stereocenters. The predicted molar refractivity (Wildman–Crippen MR) is 119 cm³/mol. The zero-order valence-corrected chi connectivity index (χ0v) is 17.2. The molecule has 0 spiro atoms. The molecule has 4 rings (SSSR count). The van der Waals surface area contributed by atoms with Gasteiger partial charge in [0.15, 0.2) is 5.76 Å². The van der Waals surface area contributed by atoms with E-state index in [9.17, 15) is 5.11 Å². The molecular weight excluding hydrogens is 380 g/mol. The van der Waals surface area contributed by atoms with Crippen LogP contribution in [0.15, 0.2) is 66.1 Å². The predicted octanol–water partition coefficient (Wildman–Crippen LogP) is 3.88. The Morgan fingerprint density at radius 3 is 2.87 bits per heavy atom. The fraction of sp³-hybridized carbons (Fsp3) is 0.333. The van der Waals surface area contributed by atoms with Crippen molar-refractivity contribution in [3.8, 4) is 5.75 Å². The average Bonchev–Trinajstić information content (AvgIpc) is 3.15. The molecule has 3 N–H and O–H groups in total. The molecule has 1 heterocycles. The van der Waals surface area contributed by atoms with Crippen LogP contribution in [0.3, 0.4) is 0 Å². The number of allylic oxidation sites excluding steroid dienone is 3. The lowest BCUT2D eigenvalue weighted by atomic mass is 10.1. The number of ether oxygens (including phenoxy) is 3. The SMILES string of the molecule is COC1=C(OCCNCC(O)COc2ccc3[nH]c4ccccc4c3c2)C=CCC1. The number of methoxy groups -OCH3 is 1. The highest BCUT2D eigenvalue weighted by Crippen LogP contribution is 2.28. The van der Waals surface area contributed by atoms with Gasteiger partial charge in [-0.25, -0.2) is 0 Å². The van der Waals surface area contributed by atoms with Crippen LogP contribution in [0.5, 0.6) is 5.75 Å². The smallest absolute Gasteiger partial charge is 0.156 e. The number of hydrogen-bond acceptors (Lipinski definition) is 5. The van der Waals surface area contributed by atoms with Crippen molar-refractivity contribution in [2.75, 3.05) is 33.4 Å². The number of fused-ring (bicyclic) bond motifs is 3. The van der Waals surface area contributed by atoms with E-state index in [-0.39, 0.29) is 6.61 Å². The van der Waals surface area contributed by atoms with E-state index in [0.29, 0.717) is 19.7 Å². The van der Waals surface area contributed by atoms with E-state index < -0.39 is 6.10 Å². The highest BCUT2D eigenvalue weighted by atomic mass is 16.5. The van der Waals surface area contributed by atoms with Crippen molar-refractivity contribution in [3.63, 3.8) is 0 Å². The zero-order valence-electron chi connectivity index (χ0n) is 17.2. The van der Waals surface area contributed by atoms with Crippen LogP contribution < -0.4 is 10.1 Å². The minimum absolute atomic E-state index is 0.226. The van der Waals surface area contributed by atoms with E-state index in [1.807, 2.05) is 36.4 Å². The summed E-state index contributed by atoms with van der Waals surface area (Å²) in [7, 11) is 1.67. The van der Waals surface area contributed by atoms with Crippen molar-refractivity contribution in [3.05, 3.63) is 66.1 Å². The zero-order chi connectivity index (χ0) is 20.8. The Labute approximate surface area is 176 Å². The maximum atomic E-state index is 10.2. The Morgan fingerprint density at radius 2 is 1.97 bits per heavy atom. The molecule has 1 aliphatic rings. The first kappa shape index (κ1) is 20.3. The van der Waals surface area contributed by atoms with E-state index in [1.54, 1.807) is 7.11 Å². The molecule has 0 radical (unpaired) electrons. The molecule has 158 valence electrons. The quantitative estimate of drug-likeness (QED) is 0.444. The fourth-order valence-corrected chi connectivity index (χ4v) is 3.62. The third kappa shape index (κ3) is 4.78. The van der Waals surface area contributed by atoms with Gasteiger partial charge in [-0.2, -0.15) is 0 Å². The lowest BCUT2D eigenvalue weighted by Gasteiger charge is -2.16. The molecule has 1 atom stereocenters. The number of aromatic amines is 1. The Balaban J connectivity index is 1.21. The van der Waals surface area contributed by atoms with E-state index in [4.69, 9.17) is 14.2 Å². The van der Waals surface area contributed by atoms with Crippen molar-refractivity contribution in [2.45, 2.75) is 18.9 Å². The summed E-state index contributed by atoms with van der Waals surface area (Å²) in [6, 6.07) is 14.1. The number of para-hydroxylation sites is 1. The summed E-state index contributed by atoms with van der Waals surface area (Å²) in [5, 5.41) is 15.7. The number of H-pyrrole nitrogens is 1. The Bertz CT molecular complexity index is 1050. The number of benzene rings is 2. The molecule has 0 fully saturated rings. The van der Waals surface area contributed by atoms with Gasteiger partial charge in [-0.3, -0.25) is 0 Å². The summed E-state index contributed by atoms with van der Waals surface area (Å²) >= 11 is 0. The van der Waals surface area contributed by atoms with Crippen molar-refractivity contribution in [1.82, 2.24) is 10.3 Å². The van der Waals surface area contributed by atoms with Crippen LogP contribution in [0.1, 0.15) is 12.8 Å². The summed E-state index contributed by atoms with van der Waals surface area (Å²) < 4.78 is 16.9. The largest absolute Gasteiger partial charge is 0.497 e. The van der Waals surface area contributed by atoms with Crippen LogP contribution in [0.4, 0.5) is 0 Å². The van der Waals surface area contributed by atoms with Crippen LogP contribution in [0.25, 0.3) is 21.8 Å². The molecule has 3 aromatic rings. The lowest BCUT2D eigenvalue weighted by molar-refractivity contribution is 0.103. The van der Waals surface area contributed by atoms with Crippen LogP contribution in [-0.2, 0) is 9.47 Å². The Kier molecular flexibility index (Phi) is 6.57. The maximum absolute atomic E-state index is 10.2. The van der Waals surface area contributed by atoms with Gasteiger partial charge in [0, 0.05) is 41.3 Å². The molecule has 1 aromatic heterocycles. The number of nitrogens with one attached hydrogen (secondary N) is 2. The fourth-order valence-electron chi connectivity index (χ4n) is 3.62. The average molecular weight is 408 g/mol. The number of aromatic nitrogens is 1. The van der Waals surface area contributed by atoms with Crippen molar-refractivity contribution < 1.29 is 19.3 Å². The monoisotopic (exact) mass is 408 g/mol. The highest BCUT2D eigenvalue weighted by molar-refractivity contribution is 6.07. The van der Waals surface area contributed by atoms with Crippen LogP contribution in [0, 0.1) is 0 Å². The topological polar surface area (TPSA) is 75.7 Å². The van der Waals surface area contributed by atoms with E-state index >= 15 is 0 Å². The van der Waals surface area contributed by atoms with Gasteiger partial charge in [0.25, 0.3) is 0 Å². The third-order valence-electron chi connectivity index (χ3n) is 5.16. The minimum Gasteiger partial charge on any atom is -0.497 e. The molecule has 30 heavy (non-hydrogen) atoms. The molecule has 0 saturated heterocycles. The highest BCUT2D eigenvalue weighted by Gasteiger charge is 2.11. The normalized spacial score (nSPS) is 15.0. The van der Waals surface area contributed by atoms with E-state index in [0.717, 1.165) is 46.5 Å². The summed E-state index contributed by atoms with van der Waals surface area (Å²) in [5.74, 6) is 2.43. The Hall–Kier alpha value is -2.96. The van der Waals surface area contributed by atoms with Gasteiger partial charge >= 0.3 is 0 Å². The second kappa shape index (κ2) is 9.69. The second-order valence-corrected chi connectivity index (χ2v) is 7.33. The van der Waals surface area contributed by atoms with Gasteiger partial charge in [-0.05, 0) is 36.8 Å². The standard InChI is InChI=1S/C24H28N2O4/c1-28-23-8-4-5-9-24(23)29-13-12-25-15-17(27)16-30-18-10-11-22-20(14-18)19-6-2-3-7-21(19)26-22/h2-3,5-7,9-11,14,17,25-27H,4,8,12-13,15-16H2,1H3. The van der Waals surface area contributed by atoms with Crippen molar-refractivity contribution in [2.24, 2.45) is 0 Å². The number of aliphatic hydroxyl groups excluding tert-OH is 1. The van der Waals surface area contributed by atoms with E-state index in [2.05, 4.69) is 28.5 Å². The molecular formula is C24H28N2O4. The summed E-state index contributed by atoms with van der Waals surface area (Å²) in [5.41, 5.74) is 2.18. The maximum Gasteiger partial charge on any atom is 0.156 e. The molecule has 0 saturated carbocycles. The molecule has 6 heteroatoms. The van der Waals surface area contributed by atoms with Crippen LogP contribution in [-0.4, -0.2) is 49.6 Å². The molecule has 2 aromatic carbocycles. The first-order valence-corrected chi connectivity index (χ1v) is 10.3. The second-order valence-electron chi connectivity index (χ2n) is 7.33. The number of hydrogen-bond donors (Lipinski definition) is 3. The van der Waals surface area contributed by atoms with Gasteiger partial charge in [-0.15, -0.1) is 0 Å². The first-order valence-electron chi connectivity index (χ1n) is 10.3. The van der Waals surface area contributed by atoms with E-state index in [1.165, 1.54) is 5.39 Å². The number of aliphatic hydroxyl groups is 1. The van der Waals surface area contributed by atoms with Crippen LogP contribution in [0.2, 0.25) is 0 Å². The molecule has 6 nitrogen and oxygen atoms in total. The summed E-state index contributed by atoms with van der Waals surface area (Å²) in [4.78, 5) is 3.40. The molecule has 1 aliphatic carbocycles. The molecule has 0 amide bonds. The number of rotatable bonds is 10. The third-order valence-corrected chi connectivity index (χ3v) is 5.16. The van der Waals surface area contributed by atoms with Crippen LogP contribution >= 0.6 is 0 Å². The molecule has 0 bridgehead atoms. The van der Waals surface area contributed by atoms with Gasteiger partial charge in [0.2, 0.25) is 0 Å². The molecule has 0 aliphatic heterocycles. The van der Waals surface area contributed by atoms with Crippen molar-refractivity contribution >= 4 is 21.8 Å². The van der Waals surface area contributed by atoms with Gasteiger partial charge in [0.05, 0.1) is 7.11 Å². The summed E-state index contributed by atoms with van der Waals surface area (Å²) in [6.07, 6.45) is 5.28. The summed E-state index contributed by atoms with van der Waals surface area (Å²) in [6.45, 7) is 1.80. The van der Waals surface area contributed by atoms with Gasteiger partial charge < -0.3 is 29.6 Å². The first-order chi connectivity index (χ1) is 14.7. The Morgan fingerprint density at radius 1 is 1.10 bits per heavy atom. The lowest BCUT2D eigenvalue weighted by Crippen LogP contribution is -2.33. The van der Waals surface area contributed by atoms with Gasteiger partial charge in [0.1, 0.15) is 30.8 Å². The minimum atomic E-state index is -0.605. The van der Waals surface area contributed by atoms with Gasteiger partial charge in [-0.1, -0.05) is 24.3 Å². The van der Waals surface area contributed by atoms with Crippen molar-refractivity contribution in [1.29, 1.82) is 0 Å².